The number of hydrogen-bond acceptors (Lipinski definition) is 2. The van der Waals surface area contributed by atoms with Crippen LogP contribution in [0.4, 0.5) is 10.1 Å². The number of hydrogen-bond donors (Lipinski definition) is 2. The van der Waals surface area contributed by atoms with E-state index < -0.39 is 0 Å². The second kappa shape index (κ2) is 5.87. The van der Waals surface area contributed by atoms with E-state index >= 15 is 0 Å². The van der Waals surface area contributed by atoms with Crippen LogP contribution in [0.1, 0.15) is 38.7 Å². The van der Waals surface area contributed by atoms with Gasteiger partial charge >= 0.3 is 0 Å². The third-order valence-corrected chi connectivity index (χ3v) is 4.24. The van der Waals surface area contributed by atoms with Crippen molar-refractivity contribution in [2.24, 2.45) is 17.6 Å². The van der Waals surface area contributed by atoms with Gasteiger partial charge < -0.3 is 11.1 Å². The molecule has 0 heterocycles. The number of benzene rings is 1. The largest absolute Gasteiger partial charge is 0.389 e. The molecule has 0 aromatic heterocycles. The van der Waals surface area contributed by atoms with Gasteiger partial charge in [0.1, 0.15) is 10.8 Å². The highest BCUT2D eigenvalue weighted by molar-refractivity contribution is 7.80. The van der Waals surface area contributed by atoms with Crippen molar-refractivity contribution in [2.75, 3.05) is 5.32 Å². The molecule has 1 fully saturated rings. The Hall–Kier alpha value is -1.16. The molecule has 2 nitrogen and oxygen atoms in total. The lowest BCUT2D eigenvalue weighted by atomic mass is 9.79. The summed E-state index contributed by atoms with van der Waals surface area (Å²) >= 11 is 4.95. The van der Waals surface area contributed by atoms with Crippen LogP contribution in [-0.4, -0.2) is 11.0 Å². The van der Waals surface area contributed by atoms with Crippen molar-refractivity contribution in [3.63, 3.8) is 0 Å². The Bertz CT molecular complexity index is 475. The number of nitrogens with two attached hydrogens (primary N) is 1. The zero-order valence-electron chi connectivity index (χ0n) is 11.4. The van der Waals surface area contributed by atoms with Crippen LogP contribution in [-0.2, 0) is 0 Å². The smallest absolute Gasteiger partial charge is 0.135 e. The van der Waals surface area contributed by atoms with Crippen molar-refractivity contribution < 1.29 is 4.39 Å². The van der Waals surface area contributed by atoms with E-state index in [-0.39, 0.29) is 10.8 Å². The molecule has 3 unspecified atom stereocenters. The highest BCUT2D eigenvalue weighted by Gasteiger charge is 2.26. The standard InChI is InChI=1S/C15H21FN2S/c1-9-6-7-12(10(2)8-9)18-13-5-3-4-11(16)14(13)15(17)19/h3-5,9-10,12,18H,6-8H2,1-2H3,(H2,17,19). The summed E-state index contributed by atoms with van der Waals surface area (Å²) in [5, 5.41) is 3.43. The van der Waals surface area contributed by atoms with Gasteiger partial charge in [0.05, 0.1) is 5.56 Å². The van der Waals surface area contributed by atoms with E-state index in [2.05, 4.69) is 19.2 Å². The molecule has 1 saturated carbocycles. The lowest BCUT2D eigenvalue weighted by Gasteiger charge is -2.34. The minimum atomic E-state index is -0.352. The van der Waals surface area contributed by atoms with Gasteiger partial charge in [-0.05, 0) is 43.2 Å². The number of thiocarbonyl (C=S) groups is 1. The quantitative estimate of drug-likeness (QED) is 0.829. The summed E-state index contributed by atoms with van der Waals surface area (Å²) in [4.78, 5) is 0.109. The van der Waals surface area contributed by atoms with E-state index in [1.54, 1.807) is 6.07 Å². The predicted octanol–water partition coefficient (Wildman–Crippen LogP) is 3.70. The van der Waals surface area contributed by atoms with E-state index in [9.17, 15) is 4.39 Å². The van der Waals surface area contributed by atoms with Gasteiger partial charge in [-0.2, -0.15) is 0 Å². The predicted molar refractivity (Wildman–Crippen MR) is 81.9 cm³/mol. The average Bonchev–Trinajstić information content (AvgIpc) is 2.32. The topological polar surface area (TPSA) is 38.0 Å². The van der Waals surface area contributed by atoms with Crippen LogP contribution in [0.25, 0.3) is 0 Å². The lowest BCUT2D eigenvalue weighted by Crippen LogP contribution is -2.33. The summed E-state index contributed by atoms with van der Waals surface area (Å²) in [6.07, 6.45) is 3.52. The van der Waals surface area contributed by atoms with Gasteiger partial charge in [-0.25, -0.2) is 4.39 Å². The third-order valence-electron chi connectivity index (χ3n) is 4.03. The Morgan fingerprint density at radius 1 is 1.37 bits per heavy atom. The molecule has 104 valence electrons. The summed E-state index contributed by atoms with van der Waals surface area (Å²) in [5.41, 5.74) is 6.69. The van der Waals surface area contributed by atoms with E-state index in [0.717, 1.165) is 18.0 Å². The molecule has 1 aliphatic carbocycles. The molecule has 2 rings (SSSR count). The number of rotatable bonds is 3. The van der Waals surface area contributed by atoms with E-state index in [4.69, 9.17) is 18.0 Å². The molecular weight excluding hydrogens is 259 g/mol. The Labute approximate surface area is 119 Å². The summed E-state index contributed by atoms with van der Waals surface area (Å²) in [7, 11) is 0. The van der Waals surface area contributed by atoms with E-state index in [0.29, 0.717) is 17.5 Å². The van der Waals surface area contributed by atoms with Gasteiger partial charge in [-0.15, -0.1) is 0 Å². The Balaban J connectivity index is 2.19. The van der Waals surface area contributed by atoms with Crippen molar-refractivity contribution in [1.82, 2.24) is 0 Å². The fraction of sp³-hybridized carbons (Fsp3) is 0.533. The van der Waals surface area contributed by atoms with E-state index in [1.165, 1.54) is 18.9 Å². The van der Waals surface area contributed by atoms with Crippen LogP contribution in [0.15, 0.2) is 18.2 Å². The second-order valence-electron chi connectivity index (χ2n) is 5.67. The number of halogens is 1. The minimum absolute atomic E-state index is 0.109. The molecule has 1 aliphatic rings. The zero-order chi connectivity index (χ0) is 14.0. The first kappa shape index (κ1) is 14.3. The second-order valence-corrected chi connectivity index (χ2v) is 6.11. The summed E-state index contributed by atoms with van der Waals surface area (Å²) < 4.78 is 13.8. The van der Waals surface area contributed by atoms with Gasteiger partial charge in [0, 0.05) is 11.7 Å². The number of nitrogens with one attached hydrogen (secondary N) is 1. The first-order valence-corrected chi connectivity index (χ1v) is 7.24. The monoisotopic (exact) mass is 280 g/mol. The molecule has 0 amide bonds. The molecule has 4 heteroatoms. The number of anilines is 1. The molecule has 0 aliphatic heterocycles. The summed E-state index contributed by atoms with van der Waals surface area (Å²) in [6.45, 7) is 4.53. The summed E-state index contributed by atoms with van der Waals surface area (Å²) in [5.74, 6) is 0.996. The molecular formula is C15H21FN2S. The molecule has 1 aromatic rings. The molecule has 0 bridgehead atoms. The Morgan fingerprint density at radius 3 is 2.74 bits per heavy atom. The zero-order valence-corrected chi connectivity index (χ0v) is 12.3. The Kier molecular flexibility index (Phi) is 4.40. The molecule has 1 aromatic carbocycles. The Morgan fingerprint density at radius 2 is 2.11 bits per heavy atom. The van der Waals surface area contributed by atoms with Crippen molar-refractivity contribution in [1.29, 1.82) is 0 Å². The van der Waals surface area contributed by atoms with Crippen LogP contribution < -0.4 is 11.1 Å². The van der Waals surface area contributed by atoms with Gasteiger partial charge in [0.15, 0.2) is 0 Å². The maximum Gasteiger partial charge on any atom is 0.135 e. The van der Waals surface area contributed by atoms with Crippen molar-refractivity contribution in [3.05, 3.63) is 29.6 Å². The fourth-order valence-corrected chi connectivity index (χ4v) is 3.18. The molecule has 3 N–H and O–H groups in total. The van der Waals surface area contributed by atoms with Gasteiger partial charge in [0.25, 0.3) is 0 Å². The summed E-state index contributed by atoms with van der Waals surface area (Å²) in [6, 6.07) is 5.30. The van der Waals surface area contributed by atoms with Gasteiger partial charge in [-0.3, -0.25) is 0 Å². The minimum Gasteiger partial charge on any atom is -0.389 e. The maximum absolute atomic E-state index is 13.8. The van der Waals surface area contributed by atoms with Crippen molar-refractivity contribution >= 4 is 22.9 Å². The van der Waals surface area contributed by atoms with Gasteiger partial charge in [-0.1, -0.05) is 32.1 Å². The highest BCUT2D eigenvalue weighted by Crippen LogP contribution is 2.31. The highest BCUT2D eigenvalue weighted by atomic mass is 32.1. The normalized spacial score (nSPS) is 27.0. The van der Waals surface area contributed by atoms with Crippen molar-refractivity contribution in [2.45, 2.75) is 39.2 Å². The van der Waals surface area contributed by atoms with Crippen LogP contribution in [0, 0.1) is 17.7 Å². The first-order chi connectivity index (χ1) is 8.99. The van der Waals surface area contributed by atoms with Crippen LogP contribution in [0.2, 0.25) is 0 Å². The first-order valence-electron chi connectivity index (χ1n) is 6.84. The molecule has 0 radical (unpaired) electrons. The molecule has 19 heavy (non-hydrogen) atoms. The van der Waals surface area contributed by atoms with Crippen LogP contribution in [0.5, 0.6) is 0 Å². The maximum atomic E-state index is 13.8. The molecule has 3 atom stereocenters. The van der Waals surface area contributed by atoms with Gasteiger partial charge in [0.2, 0.25) is 0 Å². The average molecular weight is 280 g/mol. The van der Waals surface area contributed by atoms with Crippen molar-refractivity contribution in [3.8, 4) is 0 Å². The molecule has 0 spiro atoms. The lowest BCUT2D eigenvalue weighted by molar-refractivity contribution is 0.276. The SMILES string of the molecule is CC1CCC(Nc2cccc(F)c2C(N)=S)C(C)C1. The fourth-order valence-electron chi connectivity index (χ4n) is 2.97. The van der Waals surface area contributed by atoms with Crippen LogP contribution in [0.3, 0.4) is 0 Å². The van der Waals surface area contributed by atoms with E-state index in [1.807, 2.05) is 6.07 Å². The van der Waals surface area contributed by atoms with Crippen LogP contribution >= 0.6 is 12.2 Å². The third kappa shape index (κ3) is 3.24. The molecule has 0 saturated heterocycles.